The van der Waals surface area contributed by atoms with Crippen molar-refractivity contribution < 1.29 is 4.39 Å². The third kappa shape index (κ3) is 2.10. The normalized spacial score (nSPS) is 19.2. The van der Waals surface area contributed by atoms with E-state index >= 15 is 0 Å². The Bertz CT molecular complexity index is 506. The summed E-state index contributed by atoms with van der Waals surface area (Å²) in [5.74, 6) is -0.164. The molecule has 1 nitrogen and oxygen atoms in total. The summed E-state index contributed by atoms with van der Waals surface area (Å²) in [5, 5.41) is 0. The summed E-state index contributed by atoms with van der Waals surface area (Å²) in [4.78, 5) is 2.41. The lowest BCUT2D eigenvalue weighted by Crippen LogP contribution is -2.22. The first-order valence-electron chi connectivity index (χ1n) is 6.42. The Hall–Kier alpha value is -1.83. The predicted octanol–water partition coefficient (Wildman–Crippen LogP) is 4.17. The van der Waals surface area contributed by atoms with Gasteiger partial charge in [0, 0.05) is 12.2 Å². The average molecular weight is 241 g/mol. The standard InChI is InChI=1S/C16H16FN/c17-14-10-8-13(9-11-14)16-7-4-12-18(16)15-5-2-1-3-6-15/h1-3,5-6,8-11,16H,4,7,12H2. The SMILES string of the molecule is Fc1ccc(C2CCCN2c2ccccc2)cc1. The van der Waals surface area contributed by atoms with E-state index in [1.165, 1.54) is 17.7 Å². The Balaban J connectivity index is 1.90. The van der Waals surface area contributed by atoms with E-state index in [1.807, 2.05) is 18.2 Å². The van der Waals surface area contributed by atoms with Crippen molar-refractivity contribution in [2.75, 3.05) is 11.4 Å². The number of anilines is 1. The topological polar surface area (TPSA) is 3.24 Å². The fourth-order valence-electron chi connectivity index (χ4n) is 2.73. The molecule has 0 amide bonds. The summed E-state index contributed by atoms with van der Waals surface area (Å²) >= 11 is 0. The summed E-state index contributed by atoms with van der Waals surface area (Å²) in [5.41, 5.74) is 2.46. The summed E-state index contributed by atoms with van der Waals surface area (Å²) in [6.07, 6.45) is 2.33. The largest absolute Gasteiger partial charge is 0.364 e. The number of para-hydroxylation sites is 1. The summed E-state index contributed by atoms with van der Waals surface area (Å²) in [7, 11) is 0. The first-order valence-corrected chi connectivity index (χ1v) is 6.42. The van der Waals surface area contributed by atoms with Gasteiger partial charge in [-0.05, 0) is 42.7 Å². The van der Waals surface area contributed by atoms with Crippen molar-refractivity contribution in [1.82, 2.24) is 0 Å². The van der Waals surface area contributed by atoms with Crippen molar-refractivity contribution in [2.45, 2.75) is 18.9 Å². The van der Waals surface area contributed by atoms with Crippen LogP contribution in [0.2, 0.25) is 0 Å². The zero-order valence-corrected chi connectivity index (χ0v) is 10.2. The summed E-state index contributed by atoms with van der Waals surface area (Å²) in [6, 6.07) is 17.7. The molecule has 0 N–H and O–H groups in total. The lowest BCUT2D eigenvalue weighted by atomic mass is 10.0. The van der Waals surface area contributed by atoms with Gasteiger partial charge in [-0.15, -0.1) is 0 Å². The van der Waals surface area contributed by atoms with Crippen LogP contribution in [0.1, 0.15) is 24.4 Å². The lowest BCUT2D eigenvalue weighted by molar-refractivity contribution is 0.624. The van der Waals surface area contributed by atoms with E-state index < -0.39 is 0 Å². The molecule has 3 rings (SSSR count). The highest BCUT2D eigenvalue weighted by Gasteiger charge is 2.25. The zero-order valence-electron chi connectivity index (χ0n) is 10.2. The van der Waals surface area contributed by atoms with E-state index in [0.717, 1.165) is 13.0 Å². The molecular weight excluding hydrogens is 225 g/mol. The fraction of sp³-hybridized carbons (Fsp3) is 0.250. The molecule has 1 heterocycles. The summed E-state index contributed by atoms with van der Waals surface area (Å²) in [6.45, 7) is 1.08. The minimum atomic E-state index is -0.164. The van der Waals surface area contributed by atoms with Gasteiger partial charge in [0.2, 0.25) is 0 Å². The van der Waals surface area contributed by atoms with Gasteiger partial charge in [-0.25, -0.2) is 4.39 Å². The van der Waals surface area contributed by atoms with Crippen LogP contribution in [0.4, 0.5) is 10.1 Å². The minimum absolute atomic E-state index is 0.164. The van der Waals surface area contributed by atoms with E-state index in [2.05, 4.69) is 29.2 Å². The third-order valence-corrected chi connectivity index (χ3v) is 3.60. The van der Waals surface area contributed by atoms with Crippen LogP contribution in [0.15, 0.2) is 54.6 Å². The highest BCUT2D eigenvalue weighted by molar-refractivity contribution is 5.49. The van der Waals surface area contributed by atoms with E-state index in [-0.39, 0.29) is 5.82 Å². The van der Waals surface area contributed by atoms with Gasteiger partial charge < -0.3 is 4.90 Å². The van der Waals surface area contributed by atoms with Crippen molar-refractivity contribution in [3.05, 3.63) is 66.0 Å². The maximum atomic E-state index is 13.0. The van der Waals surface area contributed by atoms with Crippen molar-refractivity contribution in [3.63, 3.8) is 0 Å². The van der Waals surface area contributed by atoms with Gasteiger partial charge in [0.25, 0.3) is 0 Å². The van der Waals surface area contributed by atoms with Crippen LogP contribution >= 0.6 is 0 Å². The molecule has 0 radical (unpaired) electrons. The lowest BCUT2D eigenvalue weighted by Gasteiger charge is -2.27. The second-order valence-electron chi connectivity index (χ2n) is 4.74. The van der Waals surface area contributed by atoms with Crippen molar-refractivity contribution in [3.8, 4) is 0 Å². The minimum Gasteiger partial charge on any atom is -0.364 e. The number of hydrogen-bond donors (Lipinski definition) is 0. The van der Waals surface area contributed by atoms with Crippen LogP contribution in [-0.2, 0) is 0 Å². The Labute approximate surface area is 107 Å². The quantitative estimate of drug-likeness (QED) is 0.762. The molecule has 0 aromatic heterocycles. The second-order valence-corrected chi connectivity index (χ2v) is 4.74. The van der Waals surface area contributed by atoms with Gasteiger partial charge in [0.05, 0.1) is 6.04 Å². The number of nitrogens with zero attached hydrogens (tertiary/aromatic N) is 1. The smallest absolute Gasteiger partial charge is 0.123 e. The van der Waals surface area contributed by atoms with Crippen molar-refractivity contribution >= 4 is 5.69 Å². The van der Waals surface area contributed by atoms with Gasteiger partial charge >= 0.3 is 0 Å². The second kappa shape index (κ2) is 4.81. The summed E-state index contributed by atoms with van der Waals surface area (Å²) < 4.78 is 13.0. The number of benzene rings is 2. The highest BCUT2D eigenvalue weighted by Crippen LogP contribution is 2.35. The molecule has 1 aliphatic rings. The molecule has 1 aliphatic heterocycles. The monoisotopic (exact) mass is 241 g/mol. The van der Waals surface area contributed by atoms with Crippen LogP contribution in [0.5, 0.6) is 0 Å². The van der Waals surface area contributed by atoms with Crippen molar-refractivity contribution in [2.24, 2.45) is 0 Å². The van der Waals surface area contributed by atoms with Gasteiger partial charge in [0.1, 0.15) is 5.82 Å². The predicted molar refractivity (Wildman–Crippen MR) is 72.2 cm³/mol. The van der Waals surface area contributed by atoms with E-state index in [0.29, 0.717) is 6.04 Å². The van der Waals surface area contributed by atoms with Crippen LogP contribution in [-0.4, -0.2) is 6.54 Å². The van der Waals surface area contributed by atoms with E-state index in [9.17, 15) is 4.39 Å². The van der Waals surface area contributed by atoms with Gasteiger partial charge in [-0.2, -0.15) is 0 Å². The van der Waals surface area contributed by atoms with Crippen LogP contribution in [0.25, 0.3) is 0 Å². The van der Waals surface area contributed by atoms with Crippen LogP contribution < -0.4 is 4.90 Å². The van der Waals surface area contributed by atoms with E-state index in [4.69, 9.17) is 0 Å². The fourth-order valence-corrected chi connectivity index (χ4v) is 2.73. The Morgan fingerprint density at radius 3 is 2.39 bits per heavy atom. The zero-order chi connectivity index (χ0) is 12.4. The maximum Gasteiger partial charge on any atom is 0.123 e. The van der Waals surface area contributed by atoms with Crippen molar-refractivity contribution in [1.29, 1.82) is 0 Å². The maximum absolute atomic E-state index is 13.0. The molecule has 0 aliphatic carbocycles. The molecule has 1 saturated heterocycles. The molecule has 1 atom stereocenters. The van der Waals surface area contributed by atoms with Crippen LogP contribution in [0, 0.1) is 5.82 Å². The molecule has 2 heteroatoms. The first kappa shape index (κ1) is 11.3. The molecule has 18 heavy (non-hydrogen) atoms. The average Bonchev–Trinajstić information content (AvgIpc) is 2.90. The number of halogens is 1. The first-order chi connectivity index (χ1) is 8.84. The molecule has 1 fully saturated rings. The van der Waals surface area contributed by atoms with Gasteiger partial charge in [0.15, 0.2) is 0 Å². The third-order valence-electron chi connectivity index (χ3n) is 3.60. The van der Waals surface area contributed by atoms with Gasteiger partial charge in [-0.1, -0.05) is 30.3 Å². The van der Waals surface area contributed by atoms with E-state index in [1.54, 1.807) is 12.1 Å². The number of rotatable bonds is 2. The Kier molecular flexibility index (Phi) is 3.01. The molecule has 0 saturated carbocycles. The molecule has 0 spiro atoms. The molecule has 92 valence electrons. The molecule has 1 unspecified atom stereocenters. The molecule has 2 aromatic rings. The number of hydrogen-bond acceptors (Lipinski definition) is 1. The Morgan fingerprint density at radius 2 is 1.67 bits per heavy atom. The van der Waals surface area contributed by atoms with Crippen LogP contribution in [0.3, 0.4) is 0 Å². The van der Waals surface area contributed by atoms with Gasteiger partial charge in [-0.3, -0.25) is 0 Å². The molecule has 2 aromatic carbocycles. The highest BCUT2D eigenvalue weighted by atomic mass is 19.1. The molecular formula is C16H16FN. The Morgan fingerprint density at radius 1 is 0.944 bits per heavy atom. The molecule has 0 bridgehead atoms.